The van der Waals surface area contributed by atoms with Crippen molar-refractivity contribution in [1.82, 2.24) is 4.72 Å². The smallest absolute Gasteiger partial charge is 0.255 e. The molecule has 0 spiro atoms. The van der Waals surface area contributed by atoms with Crippen molar-refractivity contribution in [2.45, 2.75) is 56.8 Å². The van der Waals surface area contributed by atoms with Gasteiger partial charge in [0.25, 0.3) is 5.91 Å². The number of aliphatic hydroxyl groups excluding tert-OH is 1. The van der Waals surface area contributed by atoms with Gasteiger partial charge in [0, 0.05) is 16.8 Å². The number of carbonyl (C=O) groups excluding carboxylic acids is 1. The molecule has 0 aromatic heterocycles. The fourth-order valence-corrected chi connectivity index (χ4v) is 5.27. The van der Waals surface area contributed by atoms with Crippen molar-refractivity contribution in [3.63, 3.8) is 0 Å². The first-order valence-corrected chi connectivity index (χ1v) is 13.0. The van der Waals surface area contributed by atoms with E-state index in [0.717, 1.165) is 17.5 Å². The maximum Gasteiger partial charge on any atom is 0.255 e. The molecule has 0 bridgehead atoms. The number of anilines is 1. The highest BCUT2D eigenvalue weighted by atomic mass is 32.2. The number of ether oxygens (including phenoxy) is 1. The van der Waals surface area contributed by atoms with Crippen LogP contribution in [0.15, 0.2) is 71.6 Å². The van der Waals surface area contributed by atoms with E-state index >= 15 is 0 Å². The predicted octanol–water partition coefficient (Wildman–Crippen LogP) is 4.36. The Labute approximate surface area is 206 Å². The molecular formula is C27H30N2O5S. The summed E-state index contributed by atoms with van der Waals surface area (Å²) in [7, 11) is -3.96. The predicted molar refractivity (Wildman–Crippen MR) is 135 cm³/mol. The van der Waals surface area contributed by atoms with Gasteiger partial charge >= 0.3 is 0 Å². The van der Waals surface area contributed by atoms with Gasteiger partial charge in [0.2, 0.25) is 10.0 Å². The number of sulfonamides is 1. The molecule has 1 heterocycles. The van der Waals surface area contributed by atoms with Crippen molar-refractivity contribution < 1.29 is 23.1 Å². The number of aryl methyl sites for hydroxylation is 2. The van der Waals surface area contributed by atoms with Crippen molar-refractivity contribution in [2.24, 2.45) is 0 Å². The summed E-state index contributed by atoms with van der Waals surface area (Å²) in [6.07, 6.45) is -0.406. The zero-order chi connectivity index (χ0) is 25.4. The van der Waals surface area contributed by atoms with Gasteiger partial charge in [-0.25, -0.2) is 13.1 Å². The number of benzene rings is 3. The molecule has 7 nitrogen and oxygen atoms in total. The fraction of sp³-hybridized carbons (Fsp3) is 0.296. The van der Waals surface area contributed by atoms with Crippen LogP contribution in [-0.4, -0.2) is 31.1 Å². The number of nitrogens with one attached hydrogen (secondary N) is 2. The van der Waals surface area contributed by atoms with Gasteiger partial charge in [0.15, 0.2) is 0 Å². The van der Waals surface area contributed by atoms with Crippen molar-refractivity contribution in [2.75, 3.05) is 5.32 Å². The molecule has 3 aromatic carbocycles. The molecule has 4 rings (SSSR count). The molecule has 3 aromatic rings. The van der Waals surface area contributed by atoms with E-state index in [4.69, 9.17) is 4.74 Å². The van der Waals surface area contributed by atoms with Crippen LogP contribution < -0.4 is 14.8 Å². The zero-order valence-corrected chi connectivity index (χ0v) is 21.0. The molecule has 35 heavy (non-hydrogen) atoms. The SMILES string of the molecule is CCc1ccc(S(=O)(=O)N[C@@H]2c3cc(C(=O)Nc4ccc(C)cc4)ccc3OC(C)(C)[C@H]2O)cc1. The van der Waals surface area contributed by atoms with Gasteiger partial charge in [0.05, 0.1) is 10.9 Å². The van der Waals surface area contributed by atoms with Gasteiger partial charge in [-0.2, -0.15) is 0 Å². The lowest BCUT2D eigenvalue weighted by atomic mass is 9.86. The average molecular weight is 495 g/mol. The van der Waals surface area contributed by atoms with Gasteiger partial charge < -0.3 is 15.2 Å². The van der Waals surface area contributed by atoms with Crippen molar-refractivity contribution in [3.8, 4) is 5.75 Å². The standard InChI is InChI=1S/C27H30N2O5S/c1-5-18-8-13-21(14-9-18)35(32,33)29-24-22-16-19(10-15-23(22)34-27(3,4)25(24)30)26(31)28-20-11-6-17(2)7-12-20/h6-16,24-25,29-30H,5H2,1-4H3,(H,28,31)/t24-,25+/m1/s1. The topological polar surface area (TPSA) is 105 Å². The summed E-state index contributed by atoms with van der Waals surface area (Å²) in [4.78, 5) is 13.0. The number of fused-ring (bicyclic) bond motifs is 1. The van der Waals surface area contributed by atoms with Crippen LogP contribution in [-0.2, 0) is 16.4 Å². The van der Waals surface area contributed by atoms with Gasteiger partial charge in [-0.1, -0.05) is 36.8 Å². The number of hydrogen-bond donors (Lipinski definition) is 3. The van der Waals surface area contributed by atoms with Gasteiger partial charge in [-0.15, -0.1) is 0 Å². The Bertz CT molecular complexity index is 1330. The van der Waals surface area contributed by atoms with Crippen LogP contribution in [0.4, 0.5) is 5.69 Å². The molecule has 3 N–H and O–H groups in total. The lowest BCUT2D eigenvalue weighted by Crippen LogP contribution is -2.53. The van der Waals surface area contributed by atoms with Crippen molar-refractivity contribution in [3.05, 3.63) is 89.0 Å². The summed E-state index contributed by atoms with van der Waals surface area (Å²) in [5, 5.41) is 13.9. The maximum atomic E-state index is 13.2. The molecule has 1 aliphatic rings. The quantitative estimate of drug-likeness (QED) is 0.472. The summed E-state index contributed by atoms with van der Waals surface area (Å²) in [6, 6.07) is 17.8. The van der Waals surface area contributed by atoms with Crippen LogP contribution in [0.3, 0.4) is 0 Å². The molecular weight excluding hydrogens is 464 g/mol. The van der Waals surface area contributed by atoms with Gasteiger partial charge in [-0.05, 0) is 75.2 Å². The summed E-state index contributed by atoms with van der Waals surface area (Å²) >= 11 is 0. The minimum Gasteiger partial charge on any atom is -0.485 e. The third kappa shape index (κ3) is 5.24. The highest BCUT2D eigenvalue weighted by Crippen LogP contribution is 2.41. The Hall–Kier alpha value is -3.20. The number of amides is 1. The largest absolute Gasteiger partial charge is 0.485 e. The lowest BCUT2D eigenvalue weighted by Gasteiger charge is -2.42. The first-order valence-electron chi connectivity index (χ1n) is 11.5. The molecule has 0 saturated heterocycles. The Balaban J connectivity index is 1.67. The zero-order valence-electron chi connectivity index (χ0n) is 20.2. The Morgan fingerprint density at radius 1 is 1.03 bits per heavy atom. The van der Waals surface area contributed by atoms with Crippen LogP contribution in [0, 0.1) is 6.92 Å². The summed E-state index contributed by atoms with van der Waals surface area (Å²) < 4.78 is 35.0. The second-order valence-corrected chi connectivity index (χ2v) is 11.0. The number of rotatable bonds is 6. The summed E-state index contributed by atoms with van der Waals surface area (Å²) in [5.74, 6) is 0.0500. The first-order chi connectivity index (χ1) is 16.5. The molecule has 0 saturated carbocycles. The lowest BCUT2D eigenvalue weighted by molar-refractivity contribution is -0.0603. The minimum atomic E-state index is -3.96. The molecule has 0 fully saturated rings. The monoisotopic (exact) mass is 494 g/mol. The second-order valence-electron chi connectivity index (χ2n) is 9.32. The fourth-order valence-electron chi connectivity index (χ4n) is 4.05. The third-order valence-corrected chi connectivity index (χ3v) is 7.70. The van der Waals surface area contributed by atoms with E-state index in [2.05, 4.69) is 10.0 Å². The third-order valence-electron chi connectivity index (χ3n) is 6.24. The molecule has 0 radical (unpaired) electrons. The van der Waals surface area contributed by atoms with Gasteiger partial charge in [0.1, 0.15) is 17.5 Å². The number of hydrogen-bond acceptors (Lipinski definition) is 5. The molecule has 0 unspecified atom stereocenters. The van der Waals surface area contributed by atoms with E-state index in [1.54, 1.807) is 56.3 Å². The number of aliphatic hydroxyl groups is 1. The maximum absolute atomic E-state index is 13.2. The van der Waals surface area contributed by atoms with Crippen LogP contribution >= 0.6 is 0 Å². The highest BCUT2D eigenvalue weighted by Gasteiger charge is 2.44. The van der Waals surface area contributed by atoms with Crippen molar-refractivity contribution >= 4 is 21.6 Å². The van der Waals surface area contributed by atoms with E-state index < -0.39 is 27.8 Å². The minimum absolute atomic E-state index is 0.0982. The van der Waals surface area contributed by atoms with Crippen LogP contribution in [0.2, 0.25) is 0 Å². The summed E-state index contributed by atoms with van der Waals surface area (Å²) in [5.41, 5.74) is 2.38. The molecule has 2 atom stereocenters. The van der Waals surface area contributed by atoms with E-state index in [-0.39, 0.29) is 10.8 Å². The van der Waals surface area contributed by atoms with Crippen LogP contribution in [0.25, 0.3) is 0 Å². The average Bonchev–Trinajstić information content (AvgIpc) is 2.83. The van der Waals surface area contributed by atoms with Crippen LogP contribution in [0.1, 0.15) is 53.9 Å². The molecule has 1 aliphatic heterocycles. The molecule has 8 heteroatoms. The highest BCUT2D eigenvalue weighted by molar-refractivity contribution is 7.89. The Kier molecular flexibility index (Phi) is 6.73. The normalized spacial score (nSPS) is 18.9. The second kappa shape index (κ2) is 9.45. The Morgan fingerprint density at radius 2 is 1.69 bits per heavy atom. The summed E-state index contributed by atoms with van der Waals surface area (Å²) in [6.45, 7) is 7.33. The van der Waals surface area contributed by atoms with Crippen molar-refractivity contribution in [1.29, 1.82) is 0 Å². The Morgan fingerprint density at radius 3 is 2.31 bits per heavy atom. The van der Waals surface area contributed by atoms with E-state index in [1.165, 1.54) is 0 Å². The molecule has 1 amide bonds. The van der Waals surface area contributed by atoms with E-state index in [1.807, 2.05) is 38.1 Å². The van der Waals surface area contributed by atoms with E-state index in [9.17, 15) is 18.3 Å². The van der Waals surface area contributed by atoms with Crippen LogP contribution in [0.5, 0.6) is 5.75 Å². The first kappa shape index (κ1) is 24.9. The molecule has 0 aliphatic carbocycles. The molecule has 184 valence electrons. The van der Waals surface area contributed by atoms with Gasteiger partial charge in [-0.3, -0.25) is 4.79 Å². The number of carbonyl (C=O) groups is 1. The van der Waals surface area contributed by atoms with E-state index in [0.29, 0.717) is 22.6 Å².